The van der Waals surface area contributed by atoms with Crippen LogP contribution < -0.4 is 0 Å². The van der Waals surface area contributed by atoms with Gasteiger partial charge in [0.05, 0.1) is 11.6 Å². The summed E-state index contributed by atoms with van der Waals surface area (Å²) in [7, 11) is 0. The van der Waals surface area contributed by atoms with Crippen molar-refractivity contribution in [3.05, 3.63) is 71.3 Å². The lowest BCUT2D eigenvalue weighted by molar-refractivity contribution is -0.00212. The van der Waals surface area contributed by atoms with Crippen molar-refractivity contribution in [3.8, 4) is 6.07 Å². The van der Waals surface area contributed by atoms with Gasteiger partial charge >= 0.3 is 6.09 Å². The molecule has 0 N–H and O–H groups in total. The predicted octanol–water partition coefficient (Wildman–Crippen LogP) is 7.41. The number of nitriles is 1. The van der Waals surface area contributed by atoms with Crippen LogP contribution in [0.4, 0.5) is 4.79 Å². The fourth-order valence-electron chi connectivity index (χ4n) is 5.35. The molecule has 3 atom stereocenters. The average molecular weight is 459 g/mol. The third kappa shape index (κ3) is 5.81. The second kappa shape index (κ2) is 9.82. The van der Waals surface area contributed by atoms with Gasteiger partial charge in [-0.1, -0.05) is 55.8 Å². The summed E-state index contributed by atoms with van der Waals surface area (Å²) in [4.78, 5) is 15.4. The van der Waals surface area contributed by atoms with Crippen molar-refractivity contribution in [2.24, 2.45) is 5.41 Å². The van der Waals surface area contributed by atoms with Crippen LogP contribution in [0.5, 0.6) is 0 Å². The zero-order valence-electron chi connectivity index (χ0n) is 21.1. The Kier molecular flexibility index (Phi) is 7.03. The van der Waals surface area contributed by atoms with Crippen LogP contribution in [0, 0.1) is 16.7 Å². The molecule has 0 heterocycles. The topological polar surface area (TPSA) is 53.3 Å². The van der Waals surface area contributed by atoms with E-state index in [1.165, 1.54) is 30.4 Å². The third-order valence-electron chi connectivity index (χ3n) is 7.63. The monoisotopic (exact) mass is 458 g/mol. The van der Waals surface area contributed by atoms with E-state index >= 15 is 0 Å². The number of nitrogens with zero attached hydrogens (tertiary/aromatic N) is 2. The van der Waals surface area contributed by atoms with Gasteiger partial charge < -0.3 is 9.64 Å². The van der Waals surface area contributed by atoms with Crippen LogP contribution in [-0.2, 0) is 4.74 Å². The molecule has 2 aliphatic carbocycles. The molecule has 0 bridgehead atoms. The lowest BCUT2D eigenvalue weighted by Crippen LogP contribution is -2.48. The molecular formula is C30H38N2O2. The van der Waals surface area contributed by atoms with Gasteiger partial charge in [0.1, 0.15) is 5.60 Å². The zero-order chi connectivity index (χ0) is 24.3. The predicted molar refractivity (Wildman–Crippen MR) is 136 cm³/mol. The first-order valence-corrected chi connectivity index (χ1v) is 12.7. The van der Waals surface area contributed by atoms with Crippen LogP contribution in [0.3, 0.4) is 0 Å². The molecule has 2 aliphatic rings. The molecule has 0 radical (unpaired) electrons. The van der Waals surface area contributed by atoms with Gasteiger partial charge in [0.25, 0.3) is 0 Å². The molecule has 2 aromatic rings. The summed E-state index contributed by atoms with van der Waals surface area (Å²) >= 11 is 0. The van der Waals surface area contributed by atoms with Crippen molar-refractivity contribution < 1.29 is 9.53 Å². The molecule has 2 aromatic carbocycles. The van der Waals surface area contributed by atoms with Gasteiger partial charge in [-0.2, -0.15) is 5.26 Å². The minimum Gasteiger partial charge on any atom is -0.444 e. The molecule has 4 rings (SSSR count). The Hall–Kier alpha value is -2.80. The summed E-state index contributed by atoms with van der Waals surface area (Å²) in [5.41, 5.74) is 2.93. The Morgan fingerprint density at radius 1 is 1.18 bits per heavy atom. The Labute approximate surface area is 204 Å². The number of carbonyl (C=O) groups excluding carboxylic acids is 1. The number of hydrogen-bond acceptors (Lipinski definition) is 3. The van der Waals surface area contributed by atoms with Gasteiger partial charge in [0.15, 0.2) is 0 Å². The molecule has 2 saturated carbocycles. The largest absolute Gasteiger partial charge is 0.444 e. The van der Waals surface area contributed by atoms with Crippen LogP contribution in [0.2, 0.25) is 0 Å². The van der Waals surface area contributed by atoms with Gasteiger partial charge in [-0.15, -0.1) is 0 Å². The van der Waals surface area contributed by atoms with E-state index in [1.807, 2.05) is 45.0 Å². The van der Waals surface area contributed by atoms with Crippen LogP contribution >= 0.6 is 0 Å². The van der Waals surface area contributed by atoms with Gasteiger partial charge in [-0.3, -0.25) is 0 Å². The Bertz CT molecular complexity index is 1030. The maximum absolute atomic E-state index is 13.3. The van der Waals surface area contributed by atoms with Crippen molar-refractivity contribution in [1.82, 2.24) is 4.90 Å². The number of ether oxygens (including phenoxy) is 1. The number of benzene rings is 2. The minimum absolute atomic E-state index is 0.168. The first-order chi connectivity index (χ1) is 16.2. The highest BCUT2D eigenvalue weighted by atomic mass is 16.6. The summed E-state index contributed by atoms with van der Waals surface area (Å²) in [5.74, 6) is 0.789. The number of amides is 1. The smallest absolute Gasteiger partial charge is 0.410 e. The molecule has 0 saturated heterocycles. The van der Waals surface area contributed by atoms with Crippen LogP contribution in [0.1, 0.15) is 94.7 Å². The quantitative estimate of drug-likeness (QED) is 0.414. The van der Waals surface area contributed by atoms with Crippen molar-refractivity contribution in [2.45, 2.75) is 89.7 Å². The Morgan fingerprint density at radius 3 is 2.53 bits per heavy atom. The van der Waals surface area contributed by atoms with Gasteiger partial charge in [-0.05, 0) is 87.5 Å². The van der Waals surface area contributed by atoms with Gasteiger partial charge in [0.2, 0.25) is 0 Å². The van der Waals surface area contributed by atoms with Crippen LogP contribution in [-0.4, -0.2) is 29.2 Å². The highest BCUT2D eigenvalue weighted by Gasteiger charge is 2.49. The van der Waals surface area contributed by atoms with Crippen molar-refractivity contribution in [3.63, 3.8) is 0 Å². The molecule has 0 aliphatic heterocycles. The zero-order valence-corrected chi connectivity index (χ0v) is 21.1. The molecule has 180 valence electrons. The van der Waals surface area contributed by atoms with E-state index in [4.69, 9.17) is 4.74 Å². The standard InChI is InChI=1S/C30H38N2O2/c1-22(25-13-8-10-23(18-25)20-31)14-17-30(15-9-16-30)21-32(28(33)34-29(2,3)4)27-19-26(27)24-11-6-5-7-12-24/h5-8,10-13,18,22,26-27H,9,14-17,19,21H2,1-4H3/t22?,26?,27-/m0/s1. The van der Waals surface area contributed by atoms with Crippen LogP contribution in [0.15, 0.2) is 54.6 Å². The van der Waals surface area contributed by atoms with Crippen LogP contribution in [0.25, 0.3) is 0 Å². The molecule has 4 nitrogen and oxygen atoms in total. The second-order valence-corrected chi connectivity index (χ2v) is 11.5. The summed E-state index contributed by atoms with van der Waals surface area (Å²) < 4.78 is 5.88. The van der Waals surface area contributed by atoms with E-state index in [-0.39, 0.29) is 17.6 Å². The molecule has 0 aromatic heterocycles. The summed E-state index contributed by atoms with van der Waals surface area (Å²) in [5, 5.41) is 9.24. The maximum atomic E-state index is 13.3. The maximum Gasteiger partial charge on any atom is 0.410 e. The van der Waals surface area contributed by atoms with E-state index in [0.717, 1.165) is 31.4 Å². The van der Waals surface area contributed by atoms with E-state index < -0.39 is 5.60 Å². The SMILES string of the molecule is CC(CCC1(CN(C(=O)OC(C)(C)C)[C@H]2CC2c2ccccc2)CCC1)c1cccc(C#N)c1. The fraction of sp³-hybridized carbons (Fsp3) is 0.533. The highest BCUT2D eigenvalue weighted by Crippen LogP contribution is 2.51. The number of rotatable bonds is 8. The molecule has 34 heavy (non-hydrogen) atoms. The first-order valence-electron chi connectivity index (χ1n) is 12.7. The highest BCUT2D eigenvalue weighted by molar-refractivity contribution is 5.69. The summed E-state index contributed by atoms with van der Waals surface area (Å²) in [6.45, 7) is 8.87. The van der Waals surface area contributed by atoms with E-state index in [0.29, 0.717) is 11.8 Å². The fourth-order valence-corrected chi connectivity index (χ4v) is 5.35. The summed E-state index contributed by atoms with van der Waals surface area (Å²) in [6, 6.07) is 21.0. The van der Waals surface area contributed by atoms with Crippen molar-refractivity contribution in [1.29, 1.82) is 5.26 Å². The summed E-state index contributed by atoms with van der Waals surface area (Å²) in [6.07, 6.45) is 6.55. The van der Waals surface area contributed by atoms with Crippen molar-refractivity contribution in [2.75, 3.05) is 6.54 Å². The lowest BCUT2D eigenvalue weighted by Gasteiger charge is -2.46. The first kappa shape index (κ1) is 24.3. The molecule has 2 fully saturated rings. The molecule has 0 spiro atoms. The number of hydrogen-bond donors (Lipinski definition) is 0. The lowest BCUT2D eigenvalue weighted by atomic mass is 9.64. The average Bonchev–Trinajstić information content (AvgIpc) is 3.58. The minimum atomic E-state index is -0.500. The second-order valence-electron chi connectivity index (χ2n) is 11.5. The van der Waals surface area contributed by atoms with Crippen molar-refractivity contribution >= 4 is 6.09 Å². The Morgan fingerprint density at radius 2 is 1.91 bits per heavy atom. The normalized spacial score (nSPS) is 21.6. The number of carbonyl (C=O) groups is 1. The molecule has 4 heteroatoms. The van der Waals surface area contributed by atoms with E-state index in [1.54, 1.807) is 0 Å². The molecular weight excluding hydrogens is 420 g/mol. The van der Waals surface area contributed by atoms with E-state index in [2.05, 4.69) is 48.2 Å². The van der Waals surface area contributed by atoms with E-state index in [9.17, 15) is 10.1 Å². The van der Waals surface area contributed by atoms with Gasteiger partial charge in [-0.25, -0.2) is 4.79 Å². The van der Waals surface area contributed by atoms with Gasteiger partial charge in [0, 0.05) is 18.5 Å². The molecule has 2 unspecified atom stereocenters. The third-order valence-corrected chi connectivity index (χ3v) is 7.63. The molecule has 1 amide bonds. The Balaban J connectivity index is 1.46.